The standard InChI is InChI=1S/C16H21FN2/c1-14(2,3)19-16(11-18)10-15(16,4)9-12-6-5-7-13(17)8-12/h5-8,19H,9-10H2,1-4H3/t15-,16-/m0/s1. The summed E-state index contributed by atoms with van der Waals surface area (Å²) in [5.74, 6) is -0.215. The molecule has 0 amide bonds. The Morgan fingerprint density at radius 3 is 2.63 bits per heavy atom. The fraction of sp³-hybridized carbons (Fsp3) is 0.562. The van der Waals surface area contributed by atoms with Crippen LogP contribution in [0.1, 0.15) is 39.7 Å². The highest BCUT2D eigenvalue weighted by Crippen LogP contribution is 2.58. The van der Waals surface area contributed by atoms with Crippen LogP contribution >= 0.6 is 0 Å². The SMILES string of the molecule is CC(C)(C)N[C@]1(C#N)C[C@]1(C)Cc1cccc(F)c1. The predicted molar refractivity (Wildman–Crippen MR) is 74.1 cm³/mol. The molecule has 3 heteroatoms. The Hall–Kier alpha value is -1.40. The Labute approximate surface area is 114 Å². The van der Waals surface area contributed by atoms with Gasteiger partial charge in [0, 0.05) is 11.0 Å². The van der Waals surface area contributed by atoms with Crippen molar-refractivity contribution in [2.75, 3.05) is 0 Å². The number of hydrogen-bond acceptors (Lipinski definition) is 2. The fourth-order valence-electron chi connectivity index (χ4n) is 2.89. The molecule has 0 unspecified atom stereocenters. The van der Waals surface area contributed by atoms with Gasteiger partial charge in [0.05, 0.1) is 6.07 Å². The number of halogens is 1. The summed E-state index contributed by atoms with van der Waals surface area (Å²) in [6, 6.07) is 9.08. The number of nitriles is 1. The van der Waals surface area contributed by atoms with E-state index in [9.17, 15) is 9.65 Å². The van der Waals surface area contributed by atoms with Crippen LogP contribution in [0, 0.1) is 22.6 Å². The number of rotatable bonds is 3. The van der Waals surface area contributed by atoms with Gasteiger partial charge in [-0.3, -0.25) is 5.32 Å². The van der Waals surface area contributed by atoms with Crippen molar-refractivity contribution in [1.82, 2.24) is 5.32 Å². The van der Waals surface area contributed by atoms with Gasteiger partial charge < -0.3 is 0 Å². The van der Waals surface area contributed by atoms with E-state index in [0.29, 0.717) is 0 Å². The highest BCUT2D eigenvalue weighted by Gasteiger charge is 2.65. The average Bonchev–Trinajstić information content (AvgIpc) is 2.80. The molecule has 1 saturated carbocycles. The zero-order valence-corrected chi connectivity index (χ0v) is 12.0. The number of benzene rings is 1. The second-order valence-corrected chi connectivity index (χ2v) is 6.94. The maximum Gasteiger partial charge on any atom is 0.123 e. The molecule has 0 aliphatic heterocycles. The second kappa shape index (κ2) is 4.31. The van der Waals surface area contributed by atoms with Crippen LogP contribution in [-0.2, 0) is 6.42 Å². The molecule has 2 rings (SSSR count). The maximum absolute atomic E-state index is 13.2. The minimum absolute atomic E-state index is 0.102. The van der Waals surface area contributed by atoms with Crippen LogP contribution in [0.25, 0.3) is 0 Å². The second-order valence-electron chi connectivity index (χ2n) is 6.94. The van der Waals surface area contributed by atoms with Gasteiger partial charge >= 0.3 is 0 Å². The van der Waals surface area contributed by atoms with Crippen LogP contribution in [0.4, 0.5) is 4.39 Å². The first-order valence-electron chi connectivity index (χ1n) is 6.65. The van der Waals surface area contributed by atoms with Crippen molar-refractivity contribution < 1.29 is 4.39 Å². The van der Waals surface area contributed by atoms with Crippen molar-refractivity contribution in [2.45, 2.75) is 51.6 Å². The van der Waals surface area contributed by atoms with E-state index in [1.54, 1.807) is 12.1 Å². The molecule has 2 atom stereocenters. The first kappa shape index (κ1) is 14.0. The molecule has 1 aliphatic carbocycles. The third-order valence-electron chi connectivity index (χ3n) is 3.82. The lowest BCUT2D eigenvalue weighted by molar-refractivity contribution is 0.333. The lowest BCUT2D eigenvalue weighted by Crippen LogP contribution is -2.47. The molecule has 1 aliphatic rings. The van der Waals surface area contributed by atoms with Crippen molar-refractivity contribution in [3.8, 4) is 6.07 Å². The highest BCUT2D eigenvalue weighted by molar-refractivity contribution is 5.35. The molecule has 1 aromatic rings. The molecule has 0 saturated heterocycles. The molecule has 1 N–H and O–H groups in total. The van der Waals surface area contributed by atoms with Gasteiger partial charge in [-0.15, -0.1) is 0 Å². The fourth-order valence-corrected chi connectivity index (χ4v) is 2.89. The lowest BCUT2D eigenvalue weighted by atomic mass is 9.92. The summed E-state index contributed by atoms with van der Waals surface area (Å²) in [6.07, 6.45) is 1.53. The summed E-state index contributed by atoms with van der Waals surface area (Å²) in [5.41, 5.74) is 0.242. The van der Waals surface area contributed by atoms with Crippen molar-refractivity contribution in [3.63, 3.8) is 0 Å². The van der Waals surface area contributed by atoms with E-state index >= 15 is 0 Å². The van der Waals surface area contributed by atoms with Gasteiger partial charge in [0.15, 0.2) is 0 Å². The van der Waals surface area contributed by atoms with Gasteiger partial charge in [-0.05, 0) is 51.3 Å². The van der Waals surface area contributed by atoms with E-state index in [1.807, 2.05) is 6.07 Å². The van der Waals surface area contributed by atoms with E-state index < -0.39 is 5.54 Å². The number of nitrogens with one attached hydrogen (secondary N) is 1. The summed E-state index contributed by atoms with van der Waals surface area (Å²) in [7, 11) is 0. The Morgan fingerprint density at radius 1 is 1.42 bits per heavy atom. The third kappa shape index (κ3) is 2.79. The average molecular weight is 260 g/mol. The maximum atomic E-state index is 13.2. The molecule has 1 fully saturated rings. The van der Waals surface area contributed by atoms with Gasteiger partial charge in [0.1, 0.15) is 11.4 Å². The van der Waals surface area contributed by atoms with Gasteiger partial charge in [0.2, 0.25) is 0 Å². The van der Waals surface area contributed by atoms with Gasteiger partial charge in [-0.25, -0.2) is 4.39 Å². The minimum Gasteiger partial charge on any atom is -0.294 e. The van der Waals surface area contributed by atoms with E-state index in [4.69, 9.17) is 0 Å². The summed E-state index contributed by atoms with van der Waals surface area (Å²) in [4.78, 5) is 0. The quantitative estimate of drug-likeness (QED) is 0.903. The Morgan fingerprint density at radius 2 is 2.11 bits per heavy atom. The van der Waals surface area contributed by atoms with Gasteiger partial charge in [-0.1, -0.05) is 19.1 Å². The molecule has 0 bridgehead atoms. The van der Waals surface area contributed by atoms with Crippen LogP contribution in [0.2, 0.25) is 0 Å². The molecule has 1 aromatic carbocycles. The Balaban J connectivity index is 2.16. The molecule has 102 valence electrons. The number of hydrogen-bond donors (Lipinski definition) is 1. The van der Waals surface area contributed by atoms with E-state index in [0.717, 1.165) is 18.4 Å². The van der Waals surface area contributed by atoms with E-state index in [2.05, 4.69) is 39.1 Å². The molecule has 0 spiro atoms. The topological polar surface area (TPSA) is 35.8 Å². The zero-order chi connectivity index (χ0) is 14.3. The third-order valence-corrected chi connectivity index (χ3v) is 3.82. The molecule has 0 aromatic heterocycles. The largest absolute Gasteiger partial charge is 0.294 e. The van der Waals surface area contributed by atoms with Gasteiger partial charge in [0.25, 0.3) is 0 Å². The number of nitrogens with zero attached hydrogens (tertiary/aromatic N) is 1. The monoisotopic (exact) mass is 260 g/mol. The van der Waals surface area contributed by atoms with Crippen molar-refractivity contribution in [3.05, 3.63) is 35.6 Å². The van der Waals surface area contributed by atoms with Gasteiger partial charge in [-0.2, -0.15) is 5.26 Å². The first-order chi connectivity index (χ1) is 8.70. The first-order valence-corrected chi connectivity index (χ1v) is 6.65. The van der Waals surface area contributed by atoms with Crippen molar-refractivity contribution >= 4 is 0 Å². The summed E-state index contributed by atoms with van der Waals surface area (Å²) in [6.45, 7) is 8.28. The molecular weight excluding hydrogens is 239 g/mol. The van der Waals surface area contributed by atoms with Crippen LogP contribution < -0.4 is 5.32 Å². The van der Waals surface area contributed by atoms with Crippen LogP contribution in [-0.4, -0.2) is 11.1 Å². The van der Waals surface area contributed by atoms with E-state index in [1.165, 1.54) is 6.07 Å². The molecule has 19 heavy (non-hydrogen) atoms. The van der Waals surface area contributed by atoms with Crippen LogP contribution in [0.15, 0.2) is 24.3 Å². The van der Waals surface area contributed by atoms with Crippen molar-refractivity contribution in [1.29, 1.82) is 5.26 Å². The normalized spacial score (nSPS) is 29.9. The molecule has 0 heterocycles. The Kier molecular flexibility index (Phi) is 3.18. The van der Waals surface area contributed by atoms with Crippen LogP contribution in [0.3, 0.4) is 0 Å². The highest BCUT2D eigenvalue weighted by atomic mass is 19.1. The lowest BCUT2D eigenvalue weighted by Gasteiger charge is -2.28. The predicted octanol–water partition coefficient (Wildman–Crippen LogP) is 3.43. The summed E-state index contributed by atoms with van der Waals surface area (Å²) < 4.78 is 13.2. The molecular formula is C16H21FN2. The van der Waals surface area contributed by atoms with E-state index in [-0.39, 0.29) is 16.8 Å². The zero-order valence-electron chi connectivity index (χ0n) is 12.0. The molecule has 2 nitrogen and oxygen atoms in total. The van der Waals surface area contributed by atoms with Crippen LogP contribution in [0.5, 0.6) is 0 Å². The Bertz CT molecular complexity index is 526. The molecule has 0 radical (unpaired) electrons. The minimum atomic E-state index is -0.489. The smallest absolute Gasteiger partial charge is 0.123 e. The summed E-state index contributed by atoms with van der Waals surface area (Å²) in [5, 5.41) is 12.9. The summed E-state index contributed by atoms with van der Waals surface area (Å²) >= 11 is 0. The van der Waals surface area contributed by atoms with Crippen molar-refractivity contribution in [2.24, 2.45) is 5.41 Å².